The van der Waals surface area contributed by atoms with Gasteiger partial charge in [-0.2, -0.15) is 0 Å². The Hall–Kier alpha value is -7.93. The van der Waals surface area contributed by atoms with Gasteiger partial charge >= 0.3 is 5.97 Å². The minimum Gasteiger partial charge on any atom is -0.493 e. The van der Waals surface area contributed by atoms with Gasteiger partial charge in [-0.3, -0.25) is 39.0 Å². The lowest BCUT2D eigenvalue weighted by molar-refractivity contribution is -0.198. The molecule has 73 heavy (non-hydrogen) atoms. The van der Waals surface area contributed by atoms with E-state index in [4.69, 9.17) is 48.0 Å². The van der Waals surface area contributed by atoms with Crippen LogP contribution in [0, 0.1) is 6.92 Å². The van der Waals surface area contributed by atoms with E-state index in [2.05, 4.69) is 0 Å². The van der Waals surface area contributed by atoms with Crippen molar-refractivity contribution in [3.8, 4) is 23.0 Å². The first-order valence-electron chi connectivity index (χ1n) is 24.2. The molecule has 5 heterocycles. The molecule has 18 heteroatoms. The molecule has 0 aromatic heterocycles. The van der Waals surface area contributed by atoms with Gasteiger partial charge in [0, 0.05) is 61.6 Å². The number of aryl methyl sites for hydroxylation is 1. The average molecular weight is 992 g/mol. The van der Waals surface area contributed by atoms with Gasteiger partial charge in [-0.25, -0.2) is 4.79 Å². The zero-order valence-electron chi connectivity index (χ0n) is 40.4. The van der Waals surface area contributed by atoms with Crippen LogP contribution in [0.2, 0.25) is 0 Å². The van der Waals surface area contributed by atoms with Gasteiger partial charge < -0.3 is 38.0 Å². The standard InChI is InChI=1S/C55H53N5O13/c1-34-21-42-44(56-30-39-25-37-7-3-5-9-46(37)58(39)54(42)64)28-48(34)71-32-35-22-36(24-41(23-35)70-20-19-69-18-17-68-16-15-67-14-13-53(63)73-60-51(61)11-12-52(60)62)33-72-50-29-45-43(27-49(50)66-2)55(65)59-40(31-57-45)26-38-8-4-6-10-47(38)59/h3-10,21-24,27-31,39-40H,11-20,25-26,32-33H2,1-2H3/t39-,40-/m0/s1. The number of benzene rings is 5. The molecule has 0 spiro atoms. The molecule has 10 rings (SSSR count). The normalized spacial score (nSPS) is 17.1. The zero-order chi connectivity index (χ0) is 50.4. The molecule has 0 radical (unpaired) electrons. The fraction of sp³-hybridized carbons (Fsp3) is 0.327. The monoisotopic (exact) mass is 991 g/mol. The van der Waals surface area contributed by atoms with Gasteiger partial charge in [-0.15, -0.1) is 5.06 Å². The number of para-hydroxylation sites is 2. The molecule has 0 aliphatic carbocycles. The second-order valence-electron chi connectivity index (χ2n) is 17.9. The van der Waals surface area contributed by atoms with Gasteiger partial charge in [0.05, 0.1) is 87.8 Å². The molecule has 0 saturated carbocycles. The number of anilines is 2. The number of hydrogen-bond donors (Lipinski definition) is 0. The lowest BCUT2D eigenvalue weighted by atomic mass is 10.1. The number of carbonyl (C=O) groups is 5. The summed E-state index contributed by atoms with van der Waals surface area (Å²) in [6, 6.07) is 28.3. The van der Waals surface area contributed by atoms with Crippen LogP contribution in [0.25, 0.3) is 0 Å². The van der Waals surface area contributed by atoms with Crippen molar-refractivity contribution in [2.24, 2.45) is 9.98 Å². The number of ether oxygens (including phenoxy) is 7. The lowest BCUT2D eigenvalue weighted by Gasteiger charge is -2.22. The number of imide groups is 1. The fourth-order valence-corrected chi connectivity index (χ4v) is 9.41. The van der Waals surface area contributed by atoms with E-state index >= 15 is 0 Å². The molecule has 0 bridgehead atoms. The summed E-state index contributed by atoms with van der Waals surface area (Å²) in [6.07, 6.45) is 4.98. The van der Waals surface area contributed by atoms with E-state index in [1.807, 2.05) is 103 Å². The van der Waals surface area contributed by atoms with E-state index in [1.165, 1.54) is 7.11 Å². The van der Waals surface area contributed by atoms with Crippen LogP contribution in [0.5, 0.6) is 23.0 Å². The smallest absolute Gasteiger partial charge is 0.335 e. The largest absolute Gasteiger partial charge is 0.493 e. The number of methoxy groups -OCH3 is 1. The van der Waals surface area contributed by atoms with Crippen molar-refractivity contribution in [1.82, 2.24) is 5.06 Å². The summed E-state index contributed by atoms with van der Waals surface area (Å²) in [7, 11) is 1.53. The van der Waals surface area contributed by atoms with Gasteiger partial charge in [0.2, 0.25) is 0 Å². The van der Waals surface area contributed by atoms with Gasteiger partial charge in [0.25, 0.3) is 23.6 Å². The Morgan fingerprint density at radius 3 is 1.70 bits per heavy atom. The van der Waals surface area contributed by atoms with Crippen molar-refractivity contribution in [3.05, 3.63) is 130 Å². The molecule has 0 unspecified atom stereocenters. The van der Waals surface area contributed by atoms with E-state index < -0.39 is 17.8 Å². The Balaban J connectivity index is 0.769. The number of aliphatic imine (C=N–C) groups is 2. The minimum absolute atomic E-state index is 0.0301. The second-order valence-corrected chi connectivity index (χ2v) is 17.9. The predicted molar refractivity (Wildman–Crippen MR) is 267 cm³/mol. The van der Waals surface area contributed by atoms with E-state index in [1.54, 1.807) is 17.0 Å². The van der Waals surface area contributed by atoms with Crippen LogP contribution in [0.1, 0.15) is 67.8 Å². The third-order valence-corrected chi connectivity index (χ3v) is 13.0. The van der Waals surface area contributed by atoms with Crippen molar-refractivity contribution in [2.45, 2.75) is 64.3 Å². The predicted octanol–water partition coefficient (Wildman–Crippen LogP) is 7.16. The van der Waals surface area contributed by atoms with E-state index in [9.17, 15) is 24.0 Å². The number of rotatable bonds is 21. The van der Waals surface area contributed by atoms with Crippen LogP contribution >= 0.6 is 0 Å². The quantitative estimate of drug-likeness (QED) is 0.0532. The van der Waals surface area contributed by atoms with Gasteiger partial charge in [0.15, 0.2) is 11.5 Å². The molecule has 18 nitrogen and oxygen atoms in total. The molecule has 2 atom stereocenters. The van der Waals surface area contributed by atoms with Crippen LogP contribution in [0.15, 0.2) is 101 Å². The second kappa shape index (κ2) is 21.8. The first-order valence-corrected chi connectivity index (χ1v) is 24.2. The number of fused-ring (bicyclic) bond motifs is 8. The Morgan fingerprint density at radius 1 is 0.589 bits per heavy atom. The van der Waals surface area contributed by atoms with Crippen molar-refractivity contribution in [2.75, 3.05) is 63.2 Å². The summed E-state index contributed by atoms with van der Waals surface area (Å²) in [4.78, 5) is 81.2. The highest BCUT2D eigenvalue weighted by Gasteiger charge is 2.38. The van der Waals surface area contributed by atoms with Crippen LogP contribution in [-0.4, -0.2) is 113 Å². The van der Waals surface area contributed by atoms with Crippen LogP contribution in [0.4, 0.5) is 22.7 Å². The number of hydroxylamine groups is 2. The molecular formula is C55H53N5O13. The number of amides is 4. The van der Waals surface area contributed by atoms with Crippen LogP contribution < -0.4 is 28.7 Å². The summed E-state index contributed by atoms with van der Waals surface area (Å²) in [5.74, 6) is -0.121. The average Bonchev–Trinajstić information content (AvgIpc) is 4.01. The van der Waals surface area contributed by atoms with Gasteiger partial charge in [-0.1, -0.05) is 36.4 Å². The maximum Gasteiger partial charge on any atom is 0.335 e. The fourth-order valence-electron chi connectivity index (χ4n) is 9.41. The minimum atomic E-state index is -0.729. The Kier molecular flexibility index (Phi) is 14.6. The Labute approximate surface area is 420 Å². The third kappa shape index (κ3) is 10.7. The Bertz CT molecular complexity index is 3010. The Morgan fingerprint density at radius 2 is 1.11 bits per heavy atom. The maximum atomic E-state index is 14.0. The molecular weight excluding hydrogens is 939 g/mol. The van der Waals surface area contributed by atoms with E-state index in [-0.39, 0.29) is 89.4 Å². The van der Waals surface area contributed by atoms with Crippen molar-refractivity contribution in [3.63, 3.8) is 0 Å². The molecule has 5 aliphatic heterocycles. The highest BCUT2D eigenvalue weighted by atomic mass is 16.7. The molecule has 1 saturated heterocycles. The number of hydrogen-bond acceptors (Lipinski definition) is 15. The molecule has 376 valence electrons. The first kappa shape index (κ1) is 48.7. The zero-order valence-corrected chi connectivity index (χ0v) is 40.4. The van der Waals surface area contributed by atoms with Crippen molar-refractivity contribution in [1.29, 1.82) is 0 Å². The van der Waals surface area contributed by atoms with E-state index in [0.717, 1.165) is 39.2 Å². The summed E-state index contributed by atoms with van der Waals surface area (Å²) < 4.78 is 41.6. The molecule has 1 fully saturated rings. The van der Waals surface area contributed by atoms with Crippen molar-refractivity contribution < 1.29 is 62.0 Å². The summed E-state index contributed by atoms with van der Waals surface area (Å²) >= 11 is 0. The van der Waals surface area contributed by atoms with Gasteiger partial charge in [-0.05, 0) is 77.2 Å². The molecule has 5 aliphatic rings. The molecule has 4 amide bonds. The topological polar surface area (TPSA) is 194 Å². The van der Waals surface area contributed by atoms with Crippen LogP contribution in [0.3, 0.4) is 0 Å². The maximum absolute atomic E-state index is 14.0. The number of carbonyl (C=O) groups excluding carboxylic acids is 5. The summed E-state index contributed by atoms with van der Waals surface area (Å²) in [6.45, 7) is 3.79. The van der Waals surface area contributed by atoms with Crippen molar-refractivity contribution >= 4 is 64.8 Å². The van der Waals surface area contributed by atoms with Crippen LogP contribution in [-0.2, 0) is 59.5 Å². The highest BCUT2D eigenvalue weighted by molar-refractivity contribution is 6.15. The molecule has 0 N–H and O–H groups in total. The first-order chi connectivity index (χ1) is 35.6. The van der Waals surface area contributed by atoms with Gasteiger partial charge in [0.1, 0.15) is 31.3 Å². The SMILES string of the molecule is COc1cc2c(cc1OCc1cc(COc3cc4c(cc3C)C(=O)N3c5ccccc5C[C@H]3C=N4)cc(OCCOCCOCCOCCC(=O)ON3C(=O)CCC3=O)c1)N=C[C@@H]1Cc3ccccc3N1C2=O. The lowest BCUT2D eigenvalue weighted by Crippen LogP contribution is -2.37. The molecule has 5 aromatic rings. The summed E-state index contributed by atoms with van der Waals surface area (Å²) in [5.41, 5.74) is 8.29. The van der Waals surface area contributed by atoms with E-state index in [0.29, 0.717) is 76.6 Å². The molecule has 5 aromatic carbocycles. The number of nitrogens with zero attached hydrogens (tertiary/aromatic N) is 5. The summed E-state index contributed by atoms with van der Waals surface area (Å²) in [5, 5.41) is 0.512. The third-order valence-electron chi connectivity index (χ3n) is 13.0. The highest BCUT2D eigenvalue weighted by Crippen LogP contribution is 2.42.